The van der Waals surface area contributed by atoms with Crippen molar-refractivity contribution in [2.75, 3.05) is 6.54 Å². The molecule has 0 aliphatic heterocycles. The molecule has 0 radical (unpaired) electrons. The van der Waals surface area contributed by atoms with Crippen molar-refractivity contribution in [2.24, 2.45) is 15.9 Å². The maximum atomic E-state index is 10.2. The summed E-state index contributed by atoms with van der Waals surface area (Å²) in [6.45, 7) is 4.15. The van der Waals surface area contributed by atoms with Crippen LogP contribution in [-0.2, 0) is 0 Å². The average Bonchev–Trinajstić information content (AvgIpc) is 2.31. The number of rotatable bonds is 4. The maximum absolute atomic E-state index is 10.2. The first-order valence-electron chi connectivity index (χ1n) is 5.39. The Kier molecular flexibility index (Phi) is 4.79. The van der Waals surface area contributed by atoms with Gasteiger partial charge in [0.2, 0.25) is 0 Å². The molecule has 1 rings (SSSR count). The maximum Gasteiger partial charge on any atom is 0.289 e. The van der Waals surface area contributed by atoms with Crippen molar-refractivity contribution < 1.29 is 5.03 Å². The number of nitrogens with two attached hydrogens (primary N) is 1. The fourth-order valence-corrected chi connectivity index (χ4v) is 1.23. The summed E-state index contributed by atoms with van der Waals surface area (Å²) in [7, 11) is 0. The van der Waals surface area contributed by atoms with Gasteiger partial charge in [-0.2, -0.15) is 5.10 Å². The topological polar surface area (TPSA) is 97.1 Å². The minimum Gasteiger partial charge on any atom is -0.363 e. The van der Waals surface area contributed by atoms with Gasteiger partial charge < -0.3 is 5.73 Å². The highest BCUT2D eigenvalue weighted by Crippen LogP contribution is 2.01. The smallest absolute Gasteiger partial charge is 0.289 e. The molecule has 18 heavy (non-hydrogen) atoms. The van der Waals surface area contributed by atoms with Gasteiger partial charge in [0, 0.05) is 6.54 Å². The Labute approximate surface area is 105 Å². The Morgan fingerprint density at radius 3 is 2.61 bits per heavy atom. The monoisotopic (exact) mass is 249 g/mol. The lowest BCUT2D eigenvalue weighted by molar-refractivity contribution is -0.485. The van der Waals surface area contributed by atoms with Gasteiger partial charge in [-0.1, -0.05) is 29.8 Å². The molecule has 2 N–H and O–H groups in total. The lowest BCUT2D eigenvalue weighted by Gasteiger charge is -2.12. The second-order valence-corrected chi connectivity index (χ2v) is 3.57. The summed E-state index contributed by atoms with van der Waals surface area (Å²) in [4.78, 5) is 10.2. The molecule has 0 spiro atoms. The molecule has 0 heterocycles. The fraction of sp³-hybridized carbons (Fsp3) is 0.273. The van der Waals surface area contributed by atoms with Crippen LogP contribution in [0, 0.1) is 17.0 Å². The molecule has 1 aromatic carbocycles. The highest BCUT2D eigenvalue weighted by molar-refractivity contribution is 5.82. The van der Waals surface area contributed by atoms with Crippen LogP contribution in [0.25, 0.3) is 0 Å². The Morgan fingerprint density at radius 1 is 1.50 bits per heavy atom. The summed E-state index contributed by atoms with van der Waals surface area (Å²) in [5.41, 5.74) is 7.47. The molecule has 0 amide bonds. The lowest BCUT2D eigenvalue weighted by Crippen LogP contribution is -2.33. The number of guanidine groups is 1. The molecule has 0 saturated carbocycles. The van der Waals surface area contributed by atoms with Crippen LogP contribution >= 0.6 is 0 Å². The number of hydrogen-bond donors (Lipinski definition) is 1. The van der Waals surface area contributed by atoms with Crippen LogP contribution < -0.4 is 5.73 Å². The molecular weight excluding hydrogens is 234 g/mol. The van der Waals surface area contributed by atoms with E-state index < -0.39 is 5.03 Å². The highest BCUT2D eigenvalue weighted by atomic mass is 16.7. The van der Waals surface area contributed by atoms with Gasteiger partial charge in [0.25, 0.3) is 5.96 Å². The van der Waals surface area contributed by atoms with E-state index in [1.165, 1.54) is 5.01 Å². The zero-order valence-electron chi connectivity index (χ0n) is 10.3. The summed E-state index contributed by atoms with van der Waals surface area (Å²) >= 11 is 0. The number of nitro groups is 1. The fourth-order valence-electron chi connectivity index (χ4n) is 1.23. The van der Waals surface area contributed by atoms with Gasteiger partial charge in [-0.05, 0) is 19.4 Å². The summed E-state index contributed by atoms with van der Waals surface area (Å²) in [6, 6.07) is 7.69. The predicted molar refractivity (Wildman–Crippen MR) is 69.8 cm³/mol. The molecule has 0 fully saturated rings. The minimum absolute atomic E-state index is 0.245. The number of hydrazone groups is 2. The van der Waals surface area contributed by atoms with E-state index in [2.05, 4.69) is 10.2 Å². The van der Waals surface area contributed by atoms with Crippen molar-refractivity contribution in [3.63, 3.8) is 0 Å². The van der Waals surface area contributed by atoms with E-state index in [9.17, 15) is 10.1 Å². The van der Waals surface area contributed by atoms with Crippen LogP contribution in [-0.4, -0.2) is 28.8 Å². The van der Waals surface area contributed by atoms with Crippen molar-refractivity contribution in [1.82, 2.24) is 5.01 Å². The van der Waals surface area contributed by atoms with Crippen molar-refractivity contribution >= 4 is 12.2 Å². The molecule has 96 valence electrons. The van der Waals surface area contributed by atoms with Crippen molar-refractivity contribution in [2.45, 2.75) is 13.8 Å². The van der Waals surface area contributed by atoms with Crippen LogP contribution in [0.5, 0.6) is 0 Å². The van der Waals surface area contributed by atoms with Gasteiger partial charge in [-0.15, -0.1) is 0 Å². The van der Waals surface area contributed by atoms with Crippen molar-refractivity contribution in [3.8, 4) is 0 Å². The molecule has 0 saturated heterocycles. The first-order valence-corrected chi connectivity index (χ1v) is 5.39. The summed E-state index contributed by atoms with van der Waals surface area (Å²) < 4.78 is 0. The van der Waals surface area contributed by atoms with E-state index >= 15 is 0 Å². The quantitative estimate of drug-likeness (QED) is 0.374. The molecule has 0 unspecified atom stereocenters. The number of nitrogens with zero attached hydrogens (tertiary/aromatic N) is 4. The highest BCUT2D eigenvalue weighted by Gasteiger charge is 2.07. The molecule has 0 atom stereocenters. The second-order valence-electron chi connectivity index (χ2n) is 3.57. The van der Waals surface area contributed by atoms with Crippen LogP contribution in [0.15, 0.2) is 34.5 Å². The van der Waals surface area contributed by atoms with E-state index in [1.54, 1.807) is 13.1 Å². The van der Waals surface area contributed by atoms with Gasteiger partial charge in [0.1, 0.15) is 5.10 Å². The van der Waals surface area contributed by atoms with Gasteiger partial charge in [0.05, 0.1) is 6.21 Å². The normalized spacial score (nSPS) is 11.8. The van der Waals surface area contributed by atoms with Crippen LogP contribution in [0.1, 0.15) is 18.1 Å². The van der Waals surface area contributed by atoms with Gasteiger partial charge >= 0.3 is 0 Å². The Balaban J connectivity index is 2.80. The SMILES string of the molecule is CCN(/N=C/c1ccc(C)cc1)/C(N)=N/[N+](=O)[O-]. The Bertz CT molecular complexity index is 467. The lowest BCUT2D eigenvalue weighted by atomic mass is 10.2. The van der Waals surface area contributed by atoms with Crippen LogP contribution in [0.4, 0.5) is 0 Å². The van der Waals surface area contributed by atoms with E-state index in [-0.39, 0.29) is 5.96 Å². The number of hydrogen-bond acceptors (Lipinski definition) is 3. The third kappa shape index (κ3) is 4.20. The predicted octanol–water partition coefficient (Wildman–Crippen LogP) is 1.16. The molecule has 7 heteroatoms. The third-order valence-electron chi connectivity index (χ3n) is 2.17. The minimum atomic E-state index is -0.848. The standard InChI is InChI=1S/C11H15N5O2/c1-3-15(11(12)14-16(17)18)13-8-10-6-4-9(2)5-7-10/h4-8H,3H2,1-2H3,(H2,12,14)/b13-8+. The summed E-state index contributed by atoms with van der Waals surface area (Å²) in [5.74, 6) is -0.245. The van der Waals surface area contributed by atoms with Crippen molar-refractivity contribution in [1.29, 1.82) is 0 Å². The zero-order chi connectivity index (χ0) is 13.5. The molecular formula is C11H15N5O2. The van der Waals surface area contributed by atoms with Crippen LogP contribution in [0.3, 0.4) is 0 Å². The van der Waals surface area contributed by atoms with Crippen molar-refractivity contribution in [3.05, 3.63) is 45.5 Å². The van der Waals surface area contributed by atoms with E-state index in [4.69, 9.17) is 5.73 Å². The van der Waals surface area contributed by atoms with Crippen LogP contribution in [0.2, 0.25) is 0 Å². The van der Waals surface area contributed by atoms with Gasteiger partial charge in [-0.3, -0.25) is 0 Å². The van der Waals surface area contributed by atoms with Gasteiger partial charge in [0.15, 0.2) is 5.03 Å². The van der Waals surface area contributed by atoms with E-state index in [1.807, 2.05) is 31.2 Å². The second kappa shape index (κ2) is 6.33. The molecule has 0 bridgehead atoms. The summed E-state index contributed by atoms with van der Waals surface area (Å²) in [5, 5.41) is 17.7. The third-order valence-corrected chi connectivity index (χ3v) is 2.17. The van der Waals surface area contributed by atoms with E-state index in [0.717, 1.165) is 11.1 Å². The summed E-state index contributed by atoms with van der Waals surface area (Å²) in [6.07, 6.45) is 1.57. The van der Waals surface area contributed by atoms with Gasteiger partial charge in [-0.25, -0.2) is 15.1 Å². The Morgan fingerprint density at radius 2 is 2.11 bits per heavy atom. The molecule has 7 nitrogen and oxygen atoms in total. The molecule has 1 aromatic rings. The first kappa shape index (κ1) is 13.6. The zero-order valence-corrected chi connectivity index (χ0v) is 10.3. The van der Waals surface area contributed by atoms with E-state index in [0.29, 0.717) is 6.54 Å². The largest absolute Gasteiger partial charge is 0.363 e. The molecule has 0 aromatic heterocycles. The Hall–Kier alpha value is -2.44. The number of benzene rings is 1. The first-order chi connectivity index (χ1) is 8.52. The number of aryl methyl sites for hydroxylation is 1. The molecule has 0 aliphatic rings. The molecule has 0 aliphatic carbocycles. The average molecular weight is 249 g/mol.